The SMILES string of the molecule is CCOc1ccccc1NC(=O)[C@H]1[C@@H](C(=O)O)[C@H]2CC[C@H]1O2. The van der Waals surface area contributed by atoms with Gasteiger partial charge in [-0.25, -0.2) is 0 Å². The maximum Gasteiger partial charge on any atom is 0.310 e. The van der Waals surface area contributed by atoms with Crippen LogP contribution in [0.25, 0.3) is 0 Å². The molecule has 1 aromatic carbocycles. The minimum absolute atomic E-state index is 0.301. The average Bonchev–Trinajstić information content (AvgIpc) is 3.10. The quantitative estimate of drug-likeness (QED) is 0.868. The average molecular weight is 305 g/mol. The van der Waals surface area contributed by atoms with Crippen molar-refractivity contribution in [1.82, 2.24) is 0 Å². The van der Waals surface area contributed by atoms with E-state index in [-0.39, 0.29) is 18.1 Å². The van der Waals surface area contributed by atoms with Gasteiger partial charge in [-0.1, -0.05) is 12.1 Å². The third-order valence-corrected chi connectivity index (χ3v) is 4.31. The lowest BCUT2D eigenvalue weighted by atomic mass is 9.78. The van der Waals surface area contributed by atoms with Gasteiger partial charge in [-0.15, -0.1) is 0 Å². The van der Waals surface area contributed by atoms with E-state index in [1.165, 1.54) is 0 Å². The van der Waals surface area contributed by atoms with Crippen LogP contribution in [-0.4, -0.2) is 35.8 Å². The van der Waals surface area contributed by atoms with Crippen LogP contribution in [0.4, 0.5) is 5.69 Å². The molecule has 0 radical (unpaired) electrons. The van der Waals surface area contributed by atoms with Crippen molar-refractivity contribution in [2.45, 2.75) is 32.0 Å². The molecule has 2 saturated heterocycles. The first-order valence-corrected chi connectivity index (χ1v) is 7.52. The van der Waals surface area contributed by atoms with Crippen LogP contribution in [-0.2, 0) is 14.3 Å². The molecule has 2 N–H and O–H groups in total. The van der Waals surface area contributed by atoms with Crippen molar-refractivity contribution in [1.29, 1.82) is 0 Å². The van der Waals surface area contributed by atoms with Gasteiger partial charge in [0, 0.05) is 0 Å². The van der Waals surface area contributed by atoms with Gasteiger partial charge in [-0.05, 0) is 31.9 Å². The fourth-order valence-electron chi connectivity index (χ4n) is 3.39. The number of nitrogens with one attached hydrogen (secondary N) is 1. The number of carbonyl (C=O) groups excluding carboxylic acids is 1. The van der Waals surface area contributed by atoms with Gasteiger partial charge < -0.3 is 19.9 Å². The summed E-state index contributed by atoms with van der Waals surface area (Å²) in [5.41, 5.74) is 0.557. The number of benzene rings is 1. The van der Waals surface area contributed by atoms with Crippen molar-refractivity contribution >= 4 is 17.6 Å². The summed E-state index contributed by atoms with van der Waals surface area (Å²) in [5, 5.41) is 12.2. The molecule has 6 heteroatoms. The highest BCUT2D eigenvalue weighted by Gasteiger charge is 2.55. The van der Waals surface area contributed by atoms with Gasteiger partial charge in [0.15, 0.2) is 0 Å². The smallest absolute Gasteiger partial charge is 0.310 e. The lowest BCUT2D eigenvalue weighted by Crippen LogP contribution is -2.41. The number of hydrogen-bond acceptors (Lipinski definition) is 4. The zero-order valence-corrected chi connectivity index (χ0v) is 12.3. The number of anilines is 1. The van der Waals surface area contributed by atoms with Crippen LogP contribution in [0.3, 0.4) is 0 Å². The van der Waals surface area contributed by atoms with Gasteiger partial charge in [-0.3, -0.25) is 9.59 Å². The molecule has 4 atom stereocenters. The van der Waals surface area contributed by atoms with Crippen molar-refractivity contribution in [3.05, 3.63) is 24.3 Å². The lowest BCUT2D eigenvalue weighted by molar-refractivity contribution is -0.147. The lowest BCUT2D eigenvalue weighted by Gasteiger charge is -2.24. The maximum absolute atomic E-state index is 12.6. The van der Waals surface area contributed by atoms with Gasteiger partial charge in [0.2, 0.25) is 5.91 Å². The molecule has 1 amide bonds. The van der Waals surface area contributed by atoms with Gasteiger partial charge in [-0.2, -0.15) is 0 Å². The number of rotatable bonds is 5. The van der Waals surface area contributed by atoms with E-state index in [0.717, 1.165) is 6.42 Å². The first-order chi connectivity index (χ1) is 10.6. The highest BCUT2D eigenvalue weighted by molar-refractivity contribution is 5.97. The monoisotopic (exact) mass is 305 g/mol. The fraction of sp³-hybridized carbons (Fsp3) is 0.500. The zero-order chi connectivity index (χ0) is 15.7. The van der Waals surface area contributed by atoms with E-state index >= 15 is 0 Å². The molecule has 118 valence electrons. The normalized spacial score (nSPS) is 29.3. The molecule has 6 nitrogen and oxygen atoms in total. The Balaban J connectivity index is 1.78. The number of ether oxygens (including phenoxy) is 2. The summed E-state index contributed by atoms with van der Waals surface area (Å²) in [4.78, 5) is 24.0. The molecule has 0 aliphatic carbocycles. The zero-order valence-electron chi connectivity index (χ0n) is 12.3. The van der Waals surface area contributed by atoms with Crippen molar-refractivity contribution < 1.29 is 24.2 Å². The topological polar surface area (TPSA) is 84.9 Å². The number of amides is 1. The van der Waals surface area contributed by atoms with Gasteiger partial charge in [0.05, 0.1) is 36.3 Å². The summed E-state index contributed by atoms with van der Waals surface area (Å²) < 4.78 is 11.1. The summed E-state index contributed by atoms with van der Waals surface area (Å²) in [5.74, 6) is -2.12. The van der Waals surface area contributed by atoms with Gasteiger partial charge in [0.1, 0.15) is 5.75 Å². The molecule has 3 rings (SSSR count). The van der Waals surface area contributed by atoms with Crippen LogP contribution in [0, 0.1) is 11.8 Å². The van der Waals surface area contributed by atoms with E-state index in [9.17, 15) is 14.7 Å². The fourth-order valence-corrected chi connectivity index (χ4v) is 3.39. The molecule has 0 unspecified atom stereocenters. The molecule has 22 heavy (non-hydrogen) atoms. The molecule has 2 heterocycles. The molecule has 2 aliphatic heterocycles. The number of para-hydroxylation sites is 2. The summed E-state index contributed by atoms with van der Waals surface area (Å²) in [6.07, 6.45) is 0.798. The van der Waals surface area contributed by atoms with Crippen LogP contribution in [0.2, 0.25) is 0 Å². The molecule has 0 saturated carbocycles. The Kier molecular flexibility index (Phi) is 4.02. The van der Waals surface area contributed by atoms with E-state index in [2.05, 4.69) is 5.32 Å². The molecular weight excluding hydrogens is 286 g/mol. The van der Waals surface area contributed by atoms with E-state index < -0.39 is 17.8 Å². The molecule has 2 bridgehead atoms. The number of carbonyl (C=O) groups is 2. The molecule has 2 fully saturated rings. The molecule has 2 aliphatic rings. The third kappa shape index (κ3) is 2.54. The largest absolute Gasteiger partial charge is 0.492 e. The number of aliphatic carboxylic acids is 1. The number of carboxylic acid groups (broad SMARTS) is 1. The second kappa shape index (κ2) is 5.96. The standard InChI is InChI=1S/C16H19NO5/c1-2-21-10-6-4-3-5-9(10)17-15(18)13-11-7-8-12(22-11)14(13)16(19)20/h3-6,11-14H,2,7-8H2,1H3,(H,17,18)(H,19,20)/t11-,12-,13-,14+/m1/s1. The van der Waals surface area contributed by atoms with Crippen molar-refractivity contribution in [3.8, 4) is 5.75 Å². The molecular formula is C16H19NO5. The van der Waals surface area contributed by atoms with E-state index in [1.54, 1.807) is 18.2 Å². The first-order valence-electron chi connectivity index (χ1n) is 7.52. The van der Waals surface area contributed by atoms with Crippen LogP contribution in [0.1, 0.15) is 19.8 Å². The second-order valence-corrected chi connectivity index (χ2v) is 5.60. The van der Waals surface area contributed by atoms with Crippen molar-refractivity contribution in [2.75, 3.05) is 11.9 Å². The maximum atomic E-state index is 12.6. The van der Waals surface area contributed by atoms with Crippen LogP contribution in [0.5, 0.6) is 5.75 Å². The van der Waals surface area contributed by atoms with Crippen LogP contribution < -0.4 is 10.1 Å². The predicted molar refractivity (Wildman–Crippen MR) is 78.8 cm³/mol. The summed E-state index contributed by atoms with van der Waals surface area (Å²) in [6, 6.07) is 7.13. The van der Waals surface area contributed by atoms with E-state index in [1.807, 2.05) is 13.0 Å². The molecule has 0 aromatic heterocycles. The Labute approximate surface area is 128 Å². The second-order valence-electron chi connectivity index (χ2n) is 5.60. The number of fused-ring (bicyclic) bond motifs is 2. The molecule has 0 spiro atoms. The Morgan fingerprint density at radius 2 is 1.95 bits per heavy atom. The minimum Gasteiger partial charge on any atom is -0.492 e. The summed E-state index contributed by atoms with van der Waals surface area (Å²) in [7, 11) is 0. The Morgan fingerprint density at radius 3 is 2.64 bits per heavy atom. The van der Waals surface area contributed by atoms with E-state index in [0.29, 0.717) is 24.5 Å². The van der Waals surface area contributed by atoms with Crippen molar-refractivity contribution in [2.24, 2.45) is 11.8 Å². The first kappa shape index (κ1) is 14.8. The summed E-state index contributed by atoms with van der Waals surface area (Å²) in [6.45, 7) is 2.35. The third-order valence-electron chi connectivity index (χ3n) is 4.31. The van der Waals surface area contributed by atoms with Crippen LogP contribution >= 0.6 is 0 Å². The Bertz CT molecular complexity index is 588. The highest BCUT2D eigenvalue weighted by atomic mass is 16.5. The predicted octanol–water partition coefficient (Wildman–Crippen LogP) is 1.90. The number of hydrogen-bond donors (Lipinski definition) is 2. The van der Waals surface area contributed by atoms with Crippen molar-refractivity contribution in [3.63, 3.8) is 0 Å². The van der Waals surface area contributed by atoms with Crippen LogP contribution in [0.15, 0.2) is 24.3 Å². The van der Waals surface area contributed by atoms with Gasteiger partial charge >= 0.3 is 5.97 Å². The highest BCUT2D eigenvalue weighted by Crippen LogP contribution is 2.44. The van der Waals surface area contributed by atoms with Gasteiger partial charge in [0.25, 0.3) is 0 Å². The Hall–Kier alpha value is -2.08. The Morgan fingerprint density at radius 1 is 1.27 bits per heavy atom. The molecule has 1 aromatic rings. The van der Waals surface area contributed by atoms with E-state index in [4.69, 9.17) is 9.47 Å². The minimum atomic E-state index is -0.967. The number of carboxylic acids is 1. The summed E-state index contributed by atoms with van der Waals surface area (Å²) >= 11 is 0.